The Bertz CT molecular complexity index is 460. The van der Waals surface area contributed by atoms with E-state index in [9.17, 15) is 4.79 Å². The number of amides is 1. The van der Waals surface area contributed by atoms with Crippen LogP contribution in [0.15, 0.2) is 17.0 Å². The summed E-state index contributed by atoms with van der Waals surface area (Å²) < 4.78 is 6.05. The molecular weight excluding hydrogens is 296 g/mol. The van der Waals surface area contributed by atoms with Crippen molar-refractivity contribution in [3.8, 4) is 0 Å². The summed E-state index contributed by atoms with van der Waals surface area (Å²) in [4.78, 5) is 14.1. The number of thioether (sulfide) groups is 1. The van der Waals surface area contributed by atoms with Crippen molar-refractivity contribution in [1.82, 2.24) is 15.1 Å². The van der Waals surface area contributed by atoms with E-state index >= 15 is 0 Å². The summed E-state index contributed by atoms with van der Waals surface area (Å²) in [5.41, 5.74) is 0. The van der Waals surface area contributed by atoms with E-state index in [0.717, 1.165) is 9.47 Å². The van der Waals surface area contributed by atoms with E-state index in [2.05, 4.69) is 22.1 Å². The summed E-state index contributed by atoms with van der Waals surface area (Å²) in [5.74, 6) is 0.133. The lowest BCUT2D eigenvalue weighted by Crippen LogP contribution is -2.44. The van der Waals surface area contributed by atoms with Crippen molar-refractivity contribution in [2.75, 3.05) is 38.2 Å². The summed E-state index contributed by atoms with van der Waals surface area (Å²) in [5, 5.41) is 11.8. The number of aromatic nitrogens is 2. The van der Waals surface area contributed by atoms with Gasteiger partial charge >= 0.3 is 0 Å². The molecule has 8 heteroatoms. The van der Waals surface area contributed by atoms with Crippen LogP contribution in [-0.2, 0) is 9.53 Å². The van der Waals surface area contributed by atoms with Crippen molar-refractivity contribution in [3.05, 3.63) is 12.7 Å². The predicted octanol–water partition coefficient (Wildman–Crippen LogP) is 1.48. The highest BCUT2D eigenvalue weighted by atomic mass is 32.2. The summed E-state index contributed by atoms with van der Waals surface area (Å²) in [6.45, 7) is 8.78. The standard InChI is InChI=1S/C12H18N4O2S2/c1-3-4-13-11-14-15-12(20-11)19-9(2)10(17)16-5-7-18-8-6-16/h3,9H,1,4-8H2,2H3,(H,13,14). The lowest BCUT2D eigenvalue weighted by molar-refractivity contribution is -0.134. The first-order valence-corrected chi connectivity index (χ1v) is 8.12. The number of nitrogens with zero attached hydrogens (tertiary/aromatic N) is 3. The molecule has 1 aromatic rings. The van der Waals surface area contributed by atoms with Crippen molar-refractivity contribution in [2.24, 2.45) is 0 Å². The van der Waals surface area contributed by atoms with Gasteiger partial charge in [0.1, 0.15) is 0 Å². The second-order valence-corrected chi connectivity index (χ2v) is 6.81. The van der Waals surface area contributed by atoms with Gasteiger partial charge in [0, 0.05) is 19.6 Å². The van der Waals surface area contributed by atoms with E-state index in [0.29, 0.717) is 32.8 Å². The zero-order valence-electron chi connectivity index (χ0n) is 11.4. The van der Waals surface area contributed by atoms with Gasteiger partial charge in [-0.3, -0.25) is 4.79 Å². The van der Waals surface area contributed by atoms with Crippen LogP contribution < -0.4 is 5.32 Å². The Hall–Kier alpha value is -1.12. The quantitative estimate of drug-likeness (QED) is 0.633. The first kappa shape index (κ1) is 15.3. The highest BCUT2D eigenvalue weighted by molar-refractivity contribution is 8.02. The van der Waals surface area contributed by atoms with Crippen LogP contribution in [-0.4, -0.2) is 59.1 Å². The normalized spacial score (nSPS) is 16.8. The molecule has 1 amide bonds. The molecule has 1 aliphatic rings. The molecule has 1 aliphatic heterocycles. The van der Waals surface area contributed by atoms with E-state index in [-0.39, 0.29) is 11.2 Å². The maximum atomic E-state index is 12.3. The van der Waals surface area contributed by atoms with Gasteiger partial charge in [-0.05, 0) is 6.92 Å². The van der Waals surface area contributed by atoms with Gasteiger partial charge < -0.3 is 15.0 Å². The lowest BCUT2D eigenvalue weighted by Gasteiger charge is -2.28. The summed E-state index contributed by atoms with van der Waals surface area (Å²) >= 11 is 2.90. The third-order valence-corrected chi connectivity index (χ3v) is 4.80. The molecule has 0 bridgehead atoms. The van der Waals surface area contributed by atoms with Gasteiger partial charge in [0.25, 0.3) is 0 Å². The Balaban J connectivity index is 1.86. The molecule has 1 atom stereocenters. The minimum atomic E-state index is -0.159. The largest absolute Gasteiger partial charge is 0.378 e. The van der Waals surface area contributed by atoms with Crippen molar-refractivity contribution >= 4 is 34.1 Å². The number of ether oxygens (including phenoxy) is 1. The SMILES string of the molecule is C=CCNc1nnc(SC(C)C(=O)N2CCOCC2)s1. The Morgan fingerprint density at radius 1 is 1.60 bits per heavy atom. The number of nitrogens with one attached hydrogen (secondary N) is 1. The monoisotopic (exact) mass is 314 g/mol. The van der Waals surface area contributed by atoms with E-state index in [4.69, 9.17) is 4.74 Å². The fraction of sp³-hybridized carbons (Fsp3) is 0.583. The van der Waals surface area contributed by atoms with Crippen LogP contribution in [0.3, 0.4) is 0 Å². The number of rotatable bonds is 6. The van der Waals surface area contributed by atoms with Crippen molar-refractivity contribution < 1.29 is 9.53 Å². The molecule has 110 valence electrons. The van der Waals surface area contributed by atoms with Gasteiger partial charge in [0.05, 0.1) is 18.5 Å². The summed E-state index contributed by atoms with van der Waals surface area (Å²) in [6.07, 6.45) is 1.76. The van der Waals surface area contributed by atoms with Crippen LogP contribution in [0.25, 0.3) is 0 Å². The van der Waals surface area contributed by atoms with E-state index in [1.54, 1.807) is 6.08 Å². The fourth-order valence-electron chi connectivity index (χ4n) is 1.73. The number of morpholine rings is 1. The maximum Gasteiger partial charge on any atom is 0.236 e. The highest BCUT2D eigenvalue weighted by Gasteiger charge is 2.24. The van der Waals surface area contributed by atoms with Gasteiger partial charge in [-0.1, -0.05) is 29.2 Å². The number of hydrogen-bond acceptors (Lipinski definition) is 7. The molecule has 1 saturated heterocycles. The molecule has 1 unspecified atom stereocenters. The molecule has 2 heterocycles. The first-order chi connectivity index (χ1) is 9.70. The third kappa shape index (κ3) is 4.19. The van der Waals surface area contributed by atoms with Gasteiger partial charge in [0.15, 0.2) is 4.34 Å². The molecule has 20 heavy (non-hydrogen) atoms. The second kappa shape index (κ2) is 7.61. The van der Waals surface area contributed by atoms with Gasteiger partial charge in [-0.2, -0.15) is 0 Å². The van der Waals surface area contributed by atoms with E-state index < -0.39 is 0 Å². The van der Waals surface area contributed by atoms with Crippen molar-refractivity contribution in [2.45, 2.75) is 16.5 Å². The Labute approximate surface area is 126 Å². The Morgan fingerprint density at radius 2 is 2.35 bits per heavy atom. The smallest absolute Gasteiger partial charge is 0.236 e. The van der Waals surface area contributed by atoms with E-state index in [1.165, 1.54) is 23.1 Å². The topological polar surface area (TPSA) is 67.4 Å². The molecule has 1 aromatic heterocycles. The van der Waals surface area contributed by atoms with Crippen LogP contribution in [0.2, 0.25) is 0 Å². The van der Waals surface area contributed by atoms with Crippen LogP contribution in [0, 0.1) is 0 Å². The number of carbonyl (C=O) groups is 1. The zero-order valence-corrected chi connectivity index (χ0v) is 13.0. The lowest BCUT2D eigenvalue weighted by atomic mass is 10.3. The molecule has 0 spiro atoms. The van der Waals surface area contributed by atoms with Crippen LogP contribution in [0.4, 0.5) is 5.13 Å². The zero-order chi connectivity index (χ0) is 14.4. The number of anilines is 1. The number of carbonyl (C=O) groups excluding carboxylic acids is 1. The van der Waals surface area contributed by atoms with Crippen LogP contribution >= 0.6 is 23.1 Å². The minimum Gasteiger partial charge on any atom is -0.378 e. The third-order valence-electron chi connectivity index (χ3n) is 2.75. The second-order valence-electron chi connectivity index (χ2n) is 4.24. The average Bonchev–Trinajstić information content (AvgIpc) is 2.92. The van der Waals surface area contributed by atoms with Gasteiger partial charge in [-0.15, -0.1) is 16.8 Å². The van der Waals surface area contributed by atoms with E-state index in [1.807, 2.05) is 11.8 Å². The fourth-order valence-corrected chi connectivity index (χ4v) is 3.72. The molecule has 0 radical (unpaired) electrons. The molecule has 2 rings (SSSR count). The predicted molar refractivity (Wildman–Crippen MR) is 81.3 cm³/mol. The Kier molecular flexibility index (Phi) is 5.81. The number of hydrogen-bond donors (Lipinski definition) is 1. The highest BCUT2D eigenvalue weighted by Crippen LogP contribution is 2.29. The van der Waals surface area contributed by atoms with Crippen LogP contribution in [0.1, 0.15) is 6.92 Å². The minimum absolute atomic E-state index is 0.133. The molecule has 1 fully saturated rings. The molecule has 0 saturated carbocycles. The van der Waals surface area contributed by atoms with Gasteiger partial charge in [-0.25, -0.2) is 0 Å². The average molecular weight is 314 g/mol. The first-order valence-electron chi connectivity index (χ1n) is 6.42. The molecule has 0 aromatic carbocycles. The summed E-state index contributed by atoms with van der Waals surface area (Å²) in [7, 11) is 0. The molecule has 1 N–H and O–H groups in total. The molecular formula is C12H18N4O2S2. The maximum absolute atomic E-state index is 12.3. The van der Waals surface area contributed by atoms with Crippen molar-refractivity contribution in [1.29, 1.82) is 0 Å². The summed E-state index contributed by atoms with van der Waals surface area (Å²) in [6, 6.07) is 0. The van der Waals surface area contributed by atoms with Crippen LogP contribution in [0.5, 0.6) is 0 Å². The van der Waals surface area contributed by atoms with Crippen molar-refractivity contribution in [3.63, 3.8) is 0 Å². The Morgan fingerprint density at radius 3 is 3.05 bits per heavy atom. The van der Waals surface area contributed by atoms with Gasteiger partial charge in [0.2, 0.25) is 11.0 Å². The molecule has 0 aliphatic carbocycles. The molecule has 6 nitrogen and oxygen atoms in total.